The van der Waals surface area contributed by atoms with Gasteiger partial charge in [0.2, 0.25) is 0 Å². The molecule has 0 saturated heterocycles. The molecule has 1 heterocycles. The van der Waals surface area contributed by atoms with Crippen molar-refractivity contribution in [3.63, 3.8) is 0 Å². The molecular formula is C17H19NO2S. The predicted molar refractivity (Wildman–Crippen MR) is 87.9 cm³/mol. The number of carbonyl (C=O) groups excluding carboxylic acids is 1. The third-order valence-electron chi connectivity index (χ3n) is 3.06. The Morgan fingerprint density at radius 1 is 1.19 bits per heavy atom. The van der Waals surface area contributed by atoms with Crippen LogP contribution in [-0.2, 0) is 4.79 Å². The highest BCUT2D eigenvalue weighted by Crippen LogP contribution is 2.14. The number of hydrogen-bond donors (Lipinski definition) is 1. The van der Waals surface area contributed by atoms with E-state index in [9.17, 15) is 9.59 Å². The Hall–Kier alpha value is -1.94. The number of H-pyrrole nitrogens is 1. The molecule has 0 atom stereocenters. The van der Waals surface area contributed by atoms with Crippen molar-refractivity contribution in [2.75, 3.05) is 0 Å². The van der Waals surface area contributed by atoms with Crippen LogP contribution in [0.2, 0.25) is 0 Å². The summed E-state index contributed by atoms with van der Waals surface area (Å²) < 4.78 is 1.20. The standard InChI is InChI=1S/C17H19NO2S/c1-11-5-7-12(8-6-11)9-13-16(20)18-15(21-13)10-14(19)17(2,3)4/h5-10H,1-4H3,(H,18,20)/b13-9+,15-10+. The van der Waals surface area contributed by atoms with Gasteiger partial charge < -0.3 is 4.98 Å². The number of aromatic nitrogens is 1. The second-order valence-electron chi connectivity index (χ2n) is 6.10. The average Bonchev–Trinajstić information content (AvgIpc) is 2.71. The fraction of sp³-hybridized carbons (Fsp3) is 0.294. The zero-order valence-corrected chi connectivity index (χ0v) is 13.5. The minimum atomic E-state index is -0.443. The van der Waals surface area contributed by atoms with Gasteiger partial charge in [0.1, 0.15) is 0 Å². The Morgan fingerprint density at radius 2 is 1.81 bits per heavy atom. The second kappa shape index (κ2) is 5.82. The molecule has 2 aromatic rings. The number of carbonyl (C=O) groups is 1. The summed E-state index contributed by atoms with van der Waals surface area (Å²) in [6.07, 6.45) is 3.35. The highest BCUT2D eigenvalue weighted by atomic mass is 32.1. The molecular weight excluding hydrogens is 282 g/mol. The van der Waals surface area contributed by atoms with Crippen molar-refractivity contribution < 1.29 is 4.79 Å². The number of thiazole rings is 1. The molecule has 4 heteroatoms. The van der Waals surface area contributed by atoms with E-state index in [1.807, 2.05) is 58.0 Å². The van der Waals surface area contributed by atoms with Gasteiger partial charge in [-0.3, -0.25) is 9.59 Å². The van der Waals surface area contributed by atoms with Crippen LogP contribution in [0.5, 0.6) is 0 Å². The number of benzene rings is 1. The summed E-state index contributed by atoms with van der Waals surface area (Å²) in [6, 6.07) is 7.95. The summed E-state index contributed by atoms with van der Waals surface area (Å²) in [5, 5.41) is 0. The van der Waals surface area contributed by atoms with Crippen LogP contribution in [-0.4, -0.2) is 10.8 Å². The maximum absolute atomic E-state index is 12.0. The topological polar surface area (TPSA) is 49.9 Å². The van der Waals surface area contributed by atoms with Gasteiger partial charge in [0.05, 0.1) is 9.20 Å². The van der Waals surface area contributed by atoms with Crippen LogP contribution in [0, 0.1) is 12.3 Å². The molecule has 0 bridgehead atoms. The van der Waals surface area contributed by atoms with Gasteiger partial charge in [-0.05, 0) is 18.6 Å². The SMILES string of the molecule is Cc1ccc(/C=c2/s/c(=C/C(=O)C(C)(C)C)[nH]c2=O)cc1. The Kier molecular flexibility index (Phi) is 4.28. The normalized spacial score (nSPS) is 13.7. The first-order valence-electron chi connectivity index (χ1n) is 6.79. The number of ketones is 1. The maximum Gasteiger partial charge on any atom is 0.266 e. The van der Waals surface area contributed by atoms with Gasteiger partial charge in [-0.1, -0.05) is 50.6 Å². The van der Waals surface area contributed by atoms with Crippen LogP contribution in [0.4, 0.5) is 0 Å². The first-order chi connectivity index (χ1) is 9.75. The fourth-order valence-electron chi connectivity index (χ4n) is 1.67. The highest BCUT2D eigenvalue weighted by Gasteiger charge is 2.18. The quantitative estimate of drug-likeness (QED) is 0.922. The fourth-order valence-corrected chi connectivity index (χ4v) is 2.56. The molecule has 1 aromatic carbocycles. The number of rotatable bonds is 2. The van der Waals surface area contributed by atoms with Gasteiger partial charge >= 0.3 is 0 Å². The zero-order valence-electron chi connectivity index (χ0n) is 12.7. The van der Waals surface area contributed by atoms with E-state index >= 15 is 0 Å². The predicted octanol–water partition coefficient (Wildman–Crippen LogP) is 1.97. The van der Waals surface area contributed by atoms with Crippen molar-refractivity contribution >= 4 is 29.3 Å². The Bertz CT molecular complexity index is 817. The monoisotopic (exact) mass is 301 g/mol. The van der Waals surface area contributed by atoms with Crippen molar-refractivity contribution in [2.45, 2.75) is 27.7 Å². The molecule has 110 valence electrons. The van der Waals surface area contributed by atoms with Crippen molar-refractivity contribution in [2.24, 2.45) is 5.41 Å². The third-order valence-corrected chi connectivity index (χ3v) is 4.02. The lowest BCUT2D eigenvalue weighted by Crippen LogP contribution is -2.22. The molecule has 2 rings (SSSR count). The number of hydrogen-bond acceptors (Lipinski definition) is 3. The molecule has 0 saturated carbocycles. The van der Waals surface area contributed by atoms with Crippen LogP contribution in [0.3, 0.4) is 0 Å². The van der Waals surface area contributed by atoms with Crippen LogP contribution < -0.4 is 14.8 Å². The molecule has 0 fully saturated rings. The van der Waals surface area contributed by atoms with E-state index in [1.54, 1.807) is 0 Å². The van der Waals surface area contributed by atoms with Gasteiger partial charge in [-0.2, -0.15) is 0 Å². The molecule has 0 amide bonds. The first kappa shape index (κ1) is 15.4. The molecule has 0 aliphatic rings. The summed E-state index contributed by atoms with van der Waals surface area (Å²) >= 11 is 1.30. The molecule has 0 aliphatic carbocycles. The van der Waals surface area contributed by atoms with Gasteiger partial charge in [0, 0.05) is 11.5 Å². The third kappa shape index (κ3) is 4.02. The number of aromatic amines is 1. The Balaban J connectivity index is 2.45. The van der Waals surface area contributed by atoms with Gasteiger partial charge in [-0.25, -0.2) is 0 Å². The summed E-state index contributed by atoms with van der Waals surface area (Å²) in [4.78, 5) is 26.6. The van der Waals surface area contributed by atoms with Gasteiger partial charge in [0.15, 0.2) is 5.78 Å². The summed E-state index contributed by atoms with van der Waals surface area (Å²) in [5.74, 6) is 0.00175. The number of nitrogens with one attached hydrogen (secondary N) is 1. The van der Waals surface area contributed by atoms with Crippen molar-refractivity contribution in [3.8, 4) is 0 Å². The maximum atomic E-state index is 12.0. The van der Waals surface area contributed by atoms with Gasteiger partial charge in [-0.15, -0.1) is 11.3 Å². The minimum Gasteiger partial charge on any atom is -0.313 e. The molecule has 3 nitrogen and oxygen atoms in total. The van der Waals surface area contributed by atoms with E-state index in [0.29, 0.717) is 9.20 Å². The van der Waals surface area contributed by atoms with E-state index in [2.05, 4.69) is 4.98 Å². The molecule has 0 radical (unpaired) electrons. The first-order valence-corrected chi connectivity index (χ1v) is 7.61. The molecule has 1 aromatic heterocycles. The Morgan fingerprint density at radius 3 is 2.38 bits per heavy atom. The van der Waals surface area contributed by atoms with E-state index < -0.39 is 5.41 Å². The lowest BCUT2D eigenvalue weighted by Gasteiger charge is -2.12. The van der Waals surface area contributed by atoms with Crippen LogP contribution in [0.25, 0.3) is 12.2 Å². The lowest BCUT2D eigenvalue weighted by atomic mass is 9.91. The molecule has 1 N–H and O–H groups in total. The van der Waals surface area contributed by atoms with Gasteiger partial charge in [0.25, 0.3) is 5.56 Å². The molecule has 0 aliphatic heterocycles. The summed E-state index contributed by atoms with van der Waals surface area (Å²) in [5.41, 5.74) is 1.55. The minimum absolute atomic E-state index is 0.00175. The molecule has 21 heavy (non-hydrogen) atoms. The smallest absolute Gasteiger partial charge is 0.266 e. The summed E-state index contributed by atoms with van der Waals surface area (Å²) in [7, 11) is 0. The van der Waals surface area contributed by atoms with E-state index in [4.69, 9.17) is 0 Å². The van der Waals surface area contributed by atoms with E-state index in [-0.39, 0.29) is 11.3 Å². The lowest BCUT2D eigenvalue weighted by molar-refractivity contribution is -0.119. The van der Waals surface area contributed by atoms with Crippen LogP contribution in [0.15, 0.2) is 29.1 Å². The van der Waals surface area contributed by atoms with Crippen LogP contribution in [0.1, 0.15) is 31.9 Å². The van der Waals surface area contributed by atoms with Crippen molar-refractivity contribution in [1.29, 1.82) is 0 Å². The highest BCUT2D eigenvalue weighted by molar-refractivity contribution is 7.07. The number of Topliss-reactive ketones (excluding diaryl/α,β-unsaturated/α-hetero) is 1. The number of aryl methyl sites for hydroxylation is 1. The van der Waals surface area contributed by atoms with E-state index in [0.717, 1.165) is 5.56 Å². The zero-order chi connectivity index (χ0) is 15.6. The van der Waals surface area contributed by atoms with E-state index in [1.165, 1.54) is 23.0 Å². The Labute approximate surface area is 127 Å². The molecule has 0 unspecified atom stereocenters. The molecule has 0 spiro atoms. The average molecular weight is 301 g/mol. The second-order valence-corrected chi connectivity index (χ2v) is 7.18. The van der Waals surface area contributed by atoms with Crippen LogP contribution >= 0.6 is 11.3 Å². The summed E-state index contributed by atoms with van der Waals surface area (Å²) in [6.45, 7) is 7.59. The van der Waals surface area contributed by atoms with Crippen molar-refractivity contribution in [1.82, 2.24) is 4.98 Å². The largest absolute Gasteiger partial charge is 0.313 e. The van der Waals surface area contributed by atoms with Crippen molar-refractivity contribution in [3.05, 3.63) is 54.9 Å².